The minimum absolute atomic E-state index is 0.0865. The van der Waals surface area contributed by atoms with Crippen molar-refractivity contribution in [3.63, 3.8) is 0 Å². The molecule has 152 valence electrons. The van der Waals surface area contributed by atoms with Gasteiger partial charge in [0.1, 0.15) is 0 Å². The third-order valence-electron chi connectivity index (χ3n) is 5.08. The normalized spacial score (nSPS) is 15.4. The molecule has 0 unspecified atom stereocenters. The summed E-state index contributed by atoms with van der Waals surface area (Å²) >= 11 is 12.8. The lowest BCUT2D eigenvalue weighted by atomic mass is 9.88. The summed E-state index contributed by atoms with van der Waals surface area (Å²) < 4.78 is 0. The predicted molar refractivity (Wildman–Crippen MR) is 122 cm³/mol. The van der Waals surface area contributed by atoms with E-state index in [2.05, 4.69) is 43.7 Å². The summed E-state index contributed by atoms with van der Waals surface area (Å²) in [5, 5.41) is 10.1. The fourth-order valence-corrected chi connectivity index (χ4v) is 4.10. The maximum absolute atomic E-state index is 11.2. The molecule has 29 heavy (non-hydrogen) atoms. The van der Waals surface area contributed by atoms with Crippen LogP contribution in [0.1, 0.15) is 55.6 Å². The van der Waals surface area contributed by atoms with Crippen LogP contribution in [0.2, 0.25) is 10.0 Å². The molecule has 0 amide bonds. The molecule has 3 rings (SSSR count). The van der Waals surface area contributed by atoms with Crippen LogP contribution >= 0.6 is 23.2 Å². The molecule has 0 spiro atoms. The summed E-state index contributed by atoms with van der Waals surface area (Å²) in [4.78, 5) is 18.0. The van der Waals surface area contributed by atoms with Crippen LogP contribution in [0, 0.1) is 0 Å². The maximum atomic E-state index is 11.2. The standard InChI is InChI=1S/C23H24Cl2N2O2/c1-5-8-27-21-11-19(25)16(9-17(21)14(2)12-23(27,3)4)13-26-20-10-15(22(28)29)6-7-18(20)24/h6-7,9-13H,5,8H2,1-4H3,(H,28,29). The predicted octanol–water partition coefficient (Wildman–Crippen LogP) is 6.85. The Bertz CT molecular complexity index is 1030. The van der Waals surface area contributed by atoms with Crippen LogP contribution in [0.3, 0.4) is 0 Å². The summed E-state index contributed by atoms with van der Waals surface area (Å²) in [6.07, 6.45) is 4.94. The van der Waals surface area contributed by atoms with E-state index in [1.165, 1.54) is 23.8 Å². The first-order valence-electron chi connectivity index (χ1n) is 9.52. The summed E-state index contributed by atoms with van der Waals surface area (Å²) in [6, 6.07) is 8.45. The van der Waals surface area contributed by atoms with Crippen molar-refractivity contribution < 1.29 is 9.90 Å². The molecule has 0 aromatic heterocycles. The van der Waals surface area contributed by atoms with E-state index in [4.69, 9.17) is 23.2 Å². The van der Waals surface area contributed by atoms with E-state index in [-0.39, 0.29) is 11.1 Å². The topological polar surface area (TPSA) is 52.9 Å². The fourth-order valence-electron chi connectivity index (χ4n) is 3.73. The van der Waals surface area contributed by atoms with E-state index < -0.39 is 5.97 Å². The second-order valence-corrected chi connectivity index (χ2v) is 8.57. The number of rotatable bonds is 5. The lowest BCUT2D eigenvalue weighted by molar-refractivity contribution is 0.0697. The smallest absolute Gasteiger partial charge is 0.335 e. The molecule has 6 heteroatoms. The molecular weight excluding hydrogens is 407 g/mol. The molecule has 0 saturated heterocycles. The minimum atomic E-state index is -1.02. The summed E-state index contributed by atoms with van der Waals surface area (Å²) in [7, 11) is 0. The fraction of sp³-hybridized carbons (Fsp3) is 0.304. The number of carbonyl (C=O) groups is 1. The van der Waals surface area contributed by atoms with Crippen molar-refractivity contribution >= 4 is 52.3 Å². The number of halogens is 2. The largest absolute Gasteiger partial charge is 0.478 e. The molecule has 4 nitrogen and oxygen atoms in total. The van der Waals surface area contributed by atoms with Gasteiger partial charge in [0, 0.05) is 29.6 Å². The Balaban J connectivity index is 2.04. The number of aliphatic imine (C=N–C) groups is 1. The quantitative estimate of drug-likeness (QED) is 0.527. The Morgan fingerprint density at radius 1 is 1.21 bits per heavy atom. The Morgan fingerprint density at radius 3 is 2.59 bits per heavy atom. The molecule has 2 aromatic carbocycles. The van der Waals surface area contributed by atoms with Gasteiger partial charge in [-0.2, -0.15) is 0 Å². The van der Waals surface area contributed by atoms with Crippen LogP contribution in [-0.2, 0) is 0 Å². The number of hydrogen-bond acceptors (Lipinski definition) is 3. The van der Waals surface area contributed by atoms with Gasteiger partial charge >= 0.3 is 5.97 Å². The van der Waals surface area contributed by atoms with E-state index >= 15 is 0 Å². The lowest BCUT2D eigenvalue weighted by Crippen LogP contribution is -2.45. The van der Waals surface area contributed by atoms with Gasteiger partial charge in [0.05, 0.1) is 26.8 Å². The number of carboxylic acid groups (broad SMARTS) is 1. The van der Waals surface area contributed by atoms with Crippen molar-refractivity contribution in [2.45, 2.75) is 39.7 Å². The molecule has 0 radical (unpaired) electrons. The Hall–Kier alpha value is -2.30. The molecule has 1 N–H and O–H groups in total. The van der Waals surface area contributed by atoms with Crippen molar-refractivity contribution in [3.05, 3.63) is 63.1 Å². The molecule has 1 heterocycles. The first-order valence-corrected chi connectivity index (χ1v) is 10.3. The average molecular weight is 431 g/mol. The van der Waals surface area contributed by atoms with Crippen LogP contribution in [0.25, 0.3) is 5.57 Å². The van der Waals surface area contributed by atoms with Gasteiger partial charge in [-0.3, -0.25) is 4.99 Å². The number of hydrogen-bond donors (Lipinski definition) is 1. The number of nitrogens with zero attached hydrogens (tertiary/aromatic N) is 2. The molecule has 0 atom stereocenters. The Labute approximate surface area is 181 Å². The highest BCUT2D eigenvalue weighted by Crippen LogP contribution is 2.41. The van der Waals surface area contributed by atoms with Gasteiger partial charge < -0.3 is 10.0 Å². The number of anilines is 1. The number of benzene rings is 2. The molecule has 2 aromatic rings. The maximum Gasteiger partial charge on any atom is 0.335 e. The molecule has 0 fully saturated rings. The monoisotopic (exact) mass is 430 g/mol. The zero-order valence-corrected chi connectivity index (χ0v) is 18.5. The van der Waals surface area contributed by atoms with Gasteiger partial charge in [0.15, 0.2) is 0 Å². The minimum Gasteiger partial charge on any atom is -0.478 e. The molecule has 0 bridgehead atoms. The van der Waals surface area contributed by atoms with Gasteiger partial charge in [0.25, 0.3) is 0 Å². The second kappa shape index (κ2) is 8.21. The molecule has 1 aliphatic rings. The summed E-state index contributed by atoms with van der Waals surface area (Å²) in [5.41, 5.74) is 4.62. The highest BCUT2D eigenvalue weighted by Gasteiger charge is 2.31. The van der Waals surface area contributed by atoms with Crippen molar-refractivity contribution in [2.75, 3.05) is 11.4 Å². The number of fused-ring (bicyclic) bond motifs is 1. The first kappa shape index (κ1) is 21.4. The zero-order chi connectivity index (χ0) is 21.3. The van der Waals surface area contributed by atoms with Crippen LogP contribution in [0.4, 0.5) is 11.4 Å². The lowest BCUT2D eigenvalue weighted by Gasteiger charge is -2.43. The number of carboxylic acids is 1. The first-order chi connectivity index (χ1) is 13.6. The van der Waals surface area contributed by atoms with Gasteiger partial charge in [-0.25, -0.2) is 4.79 Å². The van der Waals surface area contributed by atoms with E-state index in [0.29, 0.717) is 15.7 Å². The van der Waals surface area contributed by atoms with E-state index in [9.17, 15) is 9.90 Å². The van der Waals surface area contributed by atoms with Gasteiger partial charge in [-0.15, -0.1) is 0 Å². The number of aromatic carboxylic acids is 1. The van der Waals surface area contributed by atoms with E-state index in [0.717, 1.165) is 29.8 Å². The SMILES string of the molecule is CCCN1c2cc(Cl)c(C=Nc3cc(C(=O)O)ccc3Cl)cc2C(C)=CC1(C)C. The van der Waals surface area contributed by atoms with E-state index in [1.54, 1.807) is 6.21 Å². The van der Waals surface area contributed by atoms with Gasteiger partial charge in [0.2, 0.25) is 0 Å². The van der Waals surface area contributed by atoms with Gasteiger partial charge in [-0.1, -0.05) is 36.2 Å². The van der Waals surface area contributed by atoms with Crippen molar-refractivity contribution in [3.8, 4) is 0 Å². The highest BCUT2D eigenvalue weighted by atomic mass is 35.5. The molecule has 0 saturated carbocycles. The average Bonchev–Trinajstić information content (AvgIpc) is 2.64. The van der Waals surface area contributed by atoms with Crippen LogP contribution < -0.4 is 4.90 Å². The Morgan fingerprint density at radius 2 is 1.93 bits per heavy atom. The van der Waals surface area contributed by atoms with Gasteiger partial charge in [-0.05, 0) is 63.1 Å². The van der Waals surface area contributed by atoms with Crippen molar-refractivity contribution in [2.24, 2.45) is 4.99 Å². The highest BCUT2D eigenvalue weighted by molar-refractivity contribution is 6.34. The third kappa shape index (κ3) is 4.34. The molecule has 0 aliphatic carbocycles. The van der Waals surface area contributed by atoms with Crippen molar-refractivity contribution in [1.29, 1.82) is 0 Å². The van der Waals surface area contributed by atoms with Crippen molar-refractivity contribution in [1.82, 2.24) is 0 Å². The van der Waals surface area contributed by atoms with Crippen LogP contribution in [0.15, 0.2) is 41.4 Å². The Kier molecular flexibility index (Phi) is 6.06. The zero-order valence-electron chi connectivity index (χ0n) is 17.0. The summed E-state index contributed by atoms with van der Waals surface area (Å²) in [5.74, 6) is -1.02. The second-order valence-electron chi connectivity index (χ2n) is 7.75. The van der Waals surface area contributed by atoms with E-state index in [1.807, 2.05) is 12.1 Å². The third-order valence-corrected chi connectivity index (χ3v) is 5.73. The number of allylic oxidation sites excluding steroid dienone is 1. The molecule has 1 aliphatic heterocycles. The van der Waals surface area contributed by atoms with Crippen LogP contribution in [0.5, 0.6) is 0 Å². The summed E-state index contributed by atoms with van der Waals surface area (Å²) in [6.45, 7) is 9.61. The van der Waals surface area contributed by atoms with Crippen LogP contribution in [-0.4, -0.2) is 29.4 Å². The molecular formula is C23H24Cl2N2O2.